The number of likely N-dealkylation sites (tertiary alicyclic amines) is 1. The molecule has 2 aliphatic heterocycles. The Morgan fingerprint density at radius 2 is 1.90 bits per heavy atom. The van der Waals surface area contributed by atoms with Gasteiger partial charge in [-0.05, 0) is 88.1 Å². The molecule has 0 radical (unpaired) electrons. The Morgan fingerprint density at radius 3 is 2.62 bits per heavy atom. The van der Waals surface area contributed by atoms with Crippen molar-refractivity contribution in [1.29, 1.82) is 0 Å². The second-order valence-electron chi connectivity index (χ2n) is 11.5. The van der Waals surface area contributed by atoms with E-state index in [0.29, 0.717) is 48.8 Å². The van der Waals surface area contributed by atoms with Crippen LogP contribution in [-0.4, -0.2) is 51.9 Å². The Morgan fingerprint density at radius 1 is 1.13 bits per heavy atom. The summed E-state index contributed by atoms with van der Waals surface area (Å²) in [6.07, 6.45) is 4.35. The van der Waals surface area contributed by atoms with Crippen molar-refractivity contribution in [3.8, 4) is 0 Å². The number of nitrogens with zero attached hydrogens (tertiary/aromatic N) is 2. The molecule has 1 aromatic heterocycles. The third kappa shape index (κ3) is 7.34. The number of rotatable bonds is 4. The number of nitrogens with one attached hydrogen (secondary N) is 3. The van der Waals surface area contributed by atoms with Crippen LogP contribution < -0.4 is 16.0 Å². The number of aromatic nitrogens is 1. The van der Waals surface area contributed by atoms with Crippen LogP contribution in [0.15, 0.2) is 30.5 Å². The minimum atomic E-state index is -0.726. The van der Waals surface area contributed by atoms with Crippen LogP contribution in [0.4, 0.5) is 22.0 Å². The minimum absolute atomic E-state index is 0.0265. The number of hydrogen-bond acceptors (Lipinski definition) is 6. The van der Waals surface area contributed by atoms with E-state index in [9.17, 15) is 19.2 Å². The van der Waals surface area contributed by atoms with E-state index in [-0.39, 0.29) is 11.9 Å². The molecule has 0 saturated carbocycles. The number of benzene rings is 1. The molecule has 0 aliphatic carbocycles. The van der Waals surface area contributed by atoms with Crippen molar-refractivity contribution in [2.75, 3.05) is 22.5 Å². The zero-order chi connectivity index (χ0) is 28.3. The van der Waals surface area contributed by atoms with Gasteiger partial charge < -0.3 is 20.3 Å². The summed E-state index contributed by atoms with van der Waals surface area (Å²) in [4.78, 5) is 56.0. The van der Waals surface area contributed by atoms with E-state index in [1.165, 1.54) is 6.20 Å². The number of piperidine rings is 1. The van der Waals surface area contributed by atoms with Gasteiger partial charge in [-0.3, -0.25) is 19.7 Å². The quantitative estimate of drug-likeness (QED) is 0.497. The number of anilines is 3. The van der Waals surface area contributed by atoms with Gasteiger partial charge in [-0.15, -0.1) is 0 Å². The van der Waals surface area contributed by atoms with E-state index < -0.39 is 23.5 Å². The first-order valence-corrected chi connectivity index (χ1v) is 13.4. The van der Waals surface area contributed by atoms with Crippen molar-refractivity contribution < 1.29 is 23.9 Å². The van der Waals surface area contributed by atoms with E-state index in [4.69, 9.17) is 4.74 Å². The van der Waals surface area contributed by atoms with Crippen LogP contribution >= 0.6 is 0 Å². The lowest BCUT2D eigenvalue weighted by molar-refractivity contribution is -0.146. The summed E-state index contributed by atoms with van der Waals surface area (Å²) in [5.41, 5.74) is 3.34. The molecular formula is C29H37N5O5. The number of carbonyl (C=O) groups excluding carboxylic acids is 4. The Hall–Kier alpha value is -3.95. The SMILES string of the molecule is Cc1cc(NC(=O)C(=O)N2C[C@@H](C)CCC2Cc2ccc3c(c2)CCC(=O)N3)cnc1NC(=O)OC(C)(C)C. The van der Waals surface area contributed by atoms with Crippen molar-refractivity contribution in [2.24, 2.45) is 5.92 Å². The Kier molecular flexibility index (Phi) is 8.22. The maximum atomic E-state index is 13.3. The molecule has 1 unspecified atom stereocenters. The highest BCUT2D eigenvalue weighted by Crippen LogP contribution is 2.28. The van der Waals surface area contributed by atoms with Crippen molar-refractivity contribution in [3.05, 3.63) is 47.2 Å². The third-order valence-corrected chi connectivity index (χ3v) is 6.89. The average Bonchev–Trinajstić information content (AvgIpc) is 2.85. The van der Waals surface area contributed by atoms with Crippen LogP contribution in [0.3, 0.4) is 0 Å². The molecule has 2 atom stereocenters. The predicted molar refractivity (Wildman–Crippen MR) is 148 cm³/mol. The number of aryl methyl sites for hydroxylation is 2. The lowest BCUT2D eigenvalue weighted by Crippen LogP contribution is -2.51. The second kappa shape index (κ2) is 11.4. The van der Waals surface area contributed by atoms with Crippen molar-refractivity contribution in [3.63, 3.8) is 0 Å². The molecule has 10 nitrogen and oxygen atoms in total. The van der Waals surface area contributed by atoms with E-state index in [2.05, 4.69) is 33.9 Å². The highest BCUT2D eigenvalue weighted by molar-refractivity contribution is 6.39. The molecule has 39 heavy (non-hydrogen) atoms. The number of pyridine rings is 1. The maximum absolute atomic E-state index is 13.3. The highest BCUT2D eigenvalue weighted by Gasteiger charge is 2.33. The number of hydrogen-bond donors (Lipinski definition) is 3. The molecule has 2 aromatic rings. The molecule has 2 aliphatic rings. The van der Waals surface area contributed by atoms with Gasteiger partial charge in [-0.25, -0.2) is 9.78 Å². The fourth-order valence-corrected chi connectivity index (χ4v) is 4.99. The van der Waals surface area contributed by atoms with E-state index >= 15 is 0 Å². The Bertz CT molecular complexity index is 1290. The topological polar surface area (TPSA) is 130 Å². The smallest absolute Gasteiger partial charge is 0.413 e. The molecular weight excluding hydrogens is 498 g/mol. The summed E-state index contributed by atoms with van der Waals surface area (Å²) in [5.74, 6) is -0.678. The summed E-state index contributed by atoms with van der Waals surface area (Å²) in [5, 5.41) is 8.16. The summed E-state index contributed by atoms with van der Waals surface area (Å²) < 4.78 is 5.26. The average molecular weight is 536 g/mol. The molecule has 4 rings (SSSR count). The first-order valence-electron chi connectivity index (χ1n) is 13.4. The van der Waals surface area contributed by atoms with E-state index in [1.54, 1.807) is 38.7 Å². The first kappa shape index (κ1) is 28.1. The van der Waals surface area contributed by atoms with Crippen molar-refractivity contribution in [1.82, 2.24) is 9.88 Å². The van der Waals surface area contributed by atoms with Gasteiger partial charge in [-0.1, -0.05) is 19.1 Å². The highest BCUT2D eigenvalue weighted by atomic mass is 16.6. The zero-order valence-corrected chi connectivity index (χ0v) is 23.2. The van der Waals surface area contributed by atoms with Gasteiger partial charge in [0.15, 0.2) is 0 Å². The Labute approximate surface area is 228 Å². The fourth-order valence-electron chi connectivity index (χ4n) is 4.99. The molecule has 3 N–H and O–H groups in total. The van der Waals surface area contributed by atoms with Crippen molar-refractivity contribution in [2.45, 2.75) is 78.4 Å². The molecule has 3 heterocycles. The molecule has 1 aromatic carbocycles. The van der Waals surface area contributed by atoms with Gasteiger partial charge in [0.25, 0.3) is 0 Å². The van der Waals surface area contributed by atoms with Crippen LogP contribution in [0.2, 0.25) is 0 Å². The van der Waals surface area contributed by atoms with Crippen LogP contribution in [-0.2, 0) is 32.0 Å². The van der Waals surface area contributed by atoms with Gasteiger partial charge in [-0.2, -0.15) is 0 Å². The minimum Gasteiger partial charge on any atom is -0.444 e. The summed E-state index contributed by atoms with van der Waals surface area (Å²) in [6.45, 7) is 9.63. The van der Waals surface area contributed by atoms with E-state index in [1.807, 2.05) is 12.1 Å². The molecule has 10 heteroatoms. The number of amides is 4. The normalized spacial score (nSPS) is 19.0. The Balaban J connectivity index is 1.41. The number of fused-ring (bicyclic) bond motifs is 1. The van der Waals surface area contributed by atoms with Crippen molar-refractivity contribution >= 4 is 41.0 Å². The first-order chi connectivity index (χ1) is 18.4. The molecule has 0 spiro atoms. The molecule has 1 saturated heterocycles. The summed E-state index contributed by atoms with van der Waals surface area (Å²) >= 11 is 0. The second-order valence-corrected chi connectivity index (χ2v) is 11.5. The maximum Gasteiger partial charge on any atom is 0.413 e. The lowest BCUT2D eigenvalue weighted by Gasteiger charge is -2.38. The third-order valence-electron chi connectivity index (χ3n) is 6.89. The number of ether oxygens (including phenoxy) is 1. The lowest BCUT2D eigenvalue weighted by atomic mass is 9.89. The molecule has 1 fully saturated rings. The van der Waals surface area contributed by atoms with Gasteiger partial charge in [0.05, 0.1) is 11.9 Å². The zero-order valence-electron chi connectivity index (χ0n) is 23.2. The molecule has 0 bridgehead atoms. The van der Waals surface area contributed by atoms with Gasteiger partial charge >= 0.3 is 17.9 Å². The molecule has 4 amide bonds. The van der Waals surface area contributed by atoms with Crippen LogP contribution in [0.5, 0.6) is 0 Å². The van der Waals surface area contributed by atoms with Crippen LogP contribution in [0, 0.1) is 12.8 Å². The monoisotopic (exact) mass is 535 g/mol. The van der Waals surface area contributed by atoms with Gasteiger partial charge in [0.1, 0.15) is 11.4 Å². The largest absolute Gasteiger partial charge is 0.444 e. The van der Waals surface area contributed by atoms with Crippen LogP contribution in [0.1, 0.15) is 63.6 Å². The standard InChI is InChI=1S/C29H37N5O5/c1-17-6-9-22(14-19-7-10-23-20(13-19)8-11-24(35)32-23)34(16-17)27(37)26(36)31-21-12-18(2)25(30-15-21)33-28(38)39-29(3,4)5/h7,10,12-13,15,17,22H,6,8-9,11,14,16H2,1-5H3,(H,31,36)(H,32,35)(H,30,33,38)/t17-,22?/m0/s1. The predicted octanol–water partition coefficient (Wildman–Crippen LogP) is 4.43. The summed E-state index contributed by atoms with van der Waals surface area (Å²) in [6, 6.07) is 7.54. The fraction of sp³-hybridized carbons (Fsp3) is 0.483. The van der Waals surface area contributed by atoms with E-state index in [0.717, 1.165) is 29.7 Å². The van der Waals surface area contributed by atoms with Crippen LogP contribution in [0.25, 0.3) is 0 Å². The number of carbonyl (C=O) groups is 4. The summed E-state index contributed by atoms with van der Waals surface area (Å²) in [7, 11) is 0. The van der Waals surface area contributed by atoms with Gasteiger partial charge in [0.2, 0.25) is 5.91 Å². The van der Waals surface area contributed by atoms with Gasteiger partial charge in [0, 0.05) is 24.7 Å². The molecule has 208 valence electrons.